The summed E-state index contributed by atoms with van der Waals surface area (Å²) >= 11 is 3.35. The molecule has 1 aliphatic rings. The second-order valence-corrected chi connectivity index (χ2v) is 5.43. The highest BCUT2D eigenvalue weighted by atomic mass is 79.9. The maximum atomic E-state index is 5.60. The van der Waals surface area contributed by atoms with E-state index in [4.69, 9.17) is 4.74 Å². The molecule has 1 saturated heterocycles. The largest absolute Gasteiger partial charge is 0.478 e. The molecule has 0 unspecified atom stereocenters. The van der Waals surface area contributed by atoms with Crippen molar-refractivity contribution < 1.29 is 4.74 Å². The van der Waals surface area contributed by atoms with Crippen LogP contribution in [0.1, 0.15) is 25.7 Å². The first-order valence-electron chi connectivity index (χ1n) is 6.29. The SMILES string of the molecule is Brc1ccc(OCCC[C@@H]2CCCNC2)nc1. The summed E-state index contributed by atoms with van der Waals surface area (Å²) in [7, 11) is 0. The predicted octanol–water partition coefficient (Wildman–Crippen LogP) is 3.00. The third kappa shape index (κ3) is 4.64. The minimum absolute atomic E-state index is 0.718. The lowest BCUT2D eigenvalue weighted by atomic mass is 9.95. The van der Waals surface area contributed by atoms with Crippen molar-refractivity contribution in [3.05, 3.63) is 22.8 Å². The number of hydrogen-bond acceptors (Lipinski definition) is 3. The quantitative estimate of drug-likeness (QED) is 0.849. The van der Waals surface area contributed by atoms with E-state index in [-0.39, 0.29) is 0 Å². The lowest BCUT2D eigenvalue weighted by Gasteiger charge is -2.22. The molecule has 0 spiro atoms. The summed E-state index contributed by atoms with van der Waals surface area (Å²) in [5.41, 5.74) is 0. The highest BCUT2D eigenvalue weighted by Gasteiger charge is 2.12. The maximum Gasteiger partial charge on any atom is 0.213 e. The van der Waals surface area contributed by atoms with Crippen molar-refractivity contribution in [3.63, 3.8) is 0 Å². The van der Waals surface area contributed by atoms with Crippen molar-refractivity contribution in [2.75, 3.05) is 19.7 Å². The van der Waals surface area contributed by atoms with Gasteiger partial charge in [0.15, 0.2) is 0 Å². The third-order valence-corrected chi connectivity index (χ3v) is 3.57. The Morgan fingerprint density at radius 1 is 1.47 bits per heavy atom. The van der Waals surface area contributed by atoms with Crippen molar-refractivity contribution >= 4 is 15.9 Å². The summed E-state index contributed by atoms with van der Waals surface area (Å²) < 4.78 is 6.58. The van der Waals surface area contributed by atoms with E-state index >= 15 is 0 Å². The molecule has 94 valence electrons. The van der Waals surface area contributed by atoms with Crippen LogP contribution in [-0.4, -0.2) is 24.7 Å². The fourth-order valence-electron chi connectivity index (χ4n) is 2.17. The van der Waals surface area contributed by atoms with E-state index in [0.29, 0.717) is 0 Å². The van der Waals surface area contributed by atoms with Gasteiger partial charge >= 0.3 is 0 Å². The molecule has 0 radical (unpaired) electrons. The zero-order valence-electron chi connectivity index (χ0n) is 9.99. The van der Waals surface area contributed by atoms with Gasteiger partial charge in [-0.3, -0.25) is 0 Å². The Hall–Kier alpha value is -0.610. The Bertz CT molecular complexity index is 323. The number of pyridine rings is 1. The molecule has 0 aromatic carbocycles. The van der Waals surface area contributed by atoms with E-state index < -0.39 is 0 Å². The van der Waals surface area contributed by atoms with Crippen LogP contribution in [0.15, 0.2) is 22.8 Å². The highest BCUT2D eigenvalue weighted by Crippen LogP contribution is 2.16. The number of aromatic nitrogens is 1. The maximum absolute atomic E-state index is 5.60. The fraction of sp³-hybridized carbons (Fsp3) is 0.615. The molecule has 0 saturated carbocycles. The van der Waals surface area contributed by atoms with Gasteiger partial charge in [0, 0.05) is 16.7 Å². The molecule has 17 heavy (non-hydrogen) atoms. The van der Waals surface area contributed by atoms with E-state index in [0.717, 1.165) is 29.3 Å². The molecule has 1 aromatic heterocycles. The van der Waals surface area contributed by atoms with Crippen LogP contribution in [0.5, 0.6) is 5.88 Å². The molecule has 0 amide bonds. The lowest BCUT2D eigenvalue weighted by molar-refractivity contribution is 0.268. The van der Waals surface area contributed by atoms with Crippen molar-refractivity contribution in [3.8, 4) is 5.88 Å². The standard InChI is InChI=1S/C13H19BrN2O/c14-12-5-6-13(16-10-12)17-8-2-4-11-3-1-7-15-9-11/h5-6,10-11,15H,1-4,7-9H2/t11-/m0/s1. The number of rotatable bonds is 5. The Labute approximate surface area is 111 Å². The van der Waals surface area contributed by atoms with Crippen molar-refractivity contribution in [2.45, 2.75) is 25.7 Å². The van der Waals surface area contributed by atoms with Crippen LogP contribution in [0.25, 0.3) is 0 Å². The van der Waals surface area contributed by atoms with Crippen LogP contribution in [0.4, 0.5) is 0 Å². The normalized spacial score (nSPS) is 20.2. The van der Waals surface area contributed by atoms with Crippen molar-refractivity contribution in [2.24, 2.45) is 5.92 Å². The Kier molecular flexibility index (Phi) is 5.26. The van der Waals surface area contributed by atoms with Gasteiger partial charge in [-0.2, -0.15) is 0 Å². The van der Waals surface area contributed by atoms with Gasteiger partial charge < -0.3 is 10.1 Å². The molecule has 4 heteroatoms. The van der Waals surface area contributed by atoms with E-state index in [1.165, 1.54) is 32.4 Å². The molecule has 2 heterocycles. The smallest absolute Gasteiger partial charge is 0.213 e. The second-order valence-electron chi connectivity index (χ2n) is 4.52. The van der Waals surface area contributed by atoms with Gasteiger partial charge in [-0.05, 0) is 66.7 Å². The molecule has 3 nitrogen and oxygen atoms in total. The van der Waals surface area contributed by atoms with Crippen LogP contribution in [0.3, 0.4) is 0 Å². The molecule has 1 N–H and O–H groups in total. The highest BCUT2D eigenvalue weighted by molar-refractivity contribution is 9.10. The zero-order valence-corrected chi connectivity index (χ0v) is 11.6. The fourth-order valence-corrected chi connectivity index (χ4v) is 2.40. The Morgan fingerprint density at radius 3 is 3.12 bits per heavy atom. The molecule has 0 bridgehead atoms. The van der Waals surface area contributed by atoms with Gasteiger partial charge in [-0.1, -0.05) is 0 Å². The Balaban J connectivity index is 1.60. The molecular weight excluding hydrogens is 280 g/mol. The number of nitrogens with one attached hydrogen (secondary N) is 1. The first-order chi connectivity index (χ1) is 8.34. The zero-order chi connectivity index (χ0) is 11.9. The molecule has 1 atom stereocenters. The van der Waals surface area contributed by atoms with Crippen LogP contribution < -0.4 is 10.1 Å². The van der Waals surface area contributed by atoms with Gasteiger partial charge in [0.25, 0.3) is 0 Å². The molecule has 0 aliphatic carbocycles. The van der Waals surface area contributed by atoms with Crippen LogP contribution in [-0.2, 0) is 0 Å². The summed E-state index contributed by atoms with van der Waals surface area (Å²) in [4.78, 5) is 4.18. The Morgan fingerprint density at radius 2 is 2.41 bits per heavy atom. The third-order valence-electron chi connectivity index (χ3n) is 3.11. The van der Waals surface area contributed by atoms with Gasteiger partial charge in [0.05, 0.1) is 6.61 Å². The first-order valence-corrected chi connectivity index (χ1v) is 7.09. The van der Waals surface area contributed by atoms with Crippen LogP contribution >= 0.6 is 15.9 Å². The molecular formula is C13H19BrN2O. The predicted molar refractivity (Wildman–Crippen MR) is 72.3 cm³/mol. The second kappa shape index (κ2) is 6.97. The number of halogens is 1. The van der Waals surface area contributed by atoms with E-state index in [1.54, 1.807) is 6.20 Å². The number of ether oxygens (including phenoxy) is 1. The molecule has 1 aromatic rings. The summed E-state index contributed by atoms with van der Waals surface area (Å²) in [5.74, 6) is 1.56. The van der Waals surface area contributed by atoms with Crippen molar-refractivity contribution in [1.29, 1.82) is 0 Å². The summed E-state index contributed by atoms with van der Waals surface area (Å²) in [6.45, 7) is 3.14. The lowest BCUT2D eigenvalue weighted by Crippen LogP contribution is -2.29. The van der Waals surface area contributed by atoms with Gasteiger partial charge in [-0.15, -0.1) is 0 Å². The van der Waals surface area contributed by atoms with Crippen LogP contribution in [0.2, 0.25) is 0 Å². The minimum atomic E-state index is 0.718. The molecule has 1 fully saturated rings. The first kappa shape index (κ1) is 12.8. The van der Waals surface area contributed by atoms with Gasteiger partial charge in [0.1, 0.15) is 0 Å². The average Bonchev–Trinajstić information content (AvgIpc) is 2.38. The van der Waals surface area contributed by atoms with E-state index in [9.17, 15) is 0 Å². The van der Waals surface area contributed by atoms with Crippen LogP contribution in [0, 0.1) is 5.92 Å². The topological polar surface area (TPSA) is 34.1 Å². The molecule has 1 aliphatic heterocycles. The summed E-state index contributed by atoms with van der Waals surface area (Å²) in [5, 5.41) is 3.44. The summed E-state index contributed by atoms with van der Waals surface area (Å²) in [6.07, 6.45) is 6.82. The van der Waals surface area contributed by atoms with Gasteiger partial charge in [0.2, 0.25) is 5.88 Å². The van der Waals surface area contributed by atoms with Gasteiger partial charge in [-0.25, -0.2) is 4.98 Å². The minimum Gasteiger partial charge on any atom is -0.478 e. The van der Waals surface area contributed by atoms with Crippen molar-refractivity contribution in [1.82, 2.24) is 10.3 Å². The number of piperidine rings is 1. The van der Waals surface area contributed by atoms with E-state index in [2.05, 4.69) is 26.2 Å². The monoisotopic (exact) mass is 298 g/mol. The van der Waals surface area contributed by atoms with E-state index in [1.807, 2.05) is 12.1 Å². The summed E-state index contributed by atoms with van der Waals surface area (Å²) in [6, 6.07) is 3.85. The molecule has 2 rings (SSSR count). The number of hydrogen-bond donors (Lipinski definition) is 1. The number of nitrogens with zero attached hydrogens (tertiary/aromatic N) is 1. The average molecular weight is 299 g/mol.